The quantitative estimate of drug-likeness (QED) is 0.338. The van der Waals surface area contributed by atoms with Crippen LogP contribution in [0.3, 0.4) is 0 Å². The molecular formula is C10H10BrIOS. The van der Waals surface area contributed by atoms with Gasteiger partial charge in [-0.15, -0.1) is 11.8 Å². The average molecular weight is 385 g/mol. The highest BCUT2D eigenvalue weighted by Gasteiger charge is 2.10. The first-order chi connectivity index (χ1) is 6.69. The fraction of sp³-hybridized carbons (Fsp3) is 0.300. The minimum absolute atomic E-state index is 0.211. The molecule has 0 amide bonds. The number of halogens is 2. The number of rotatable bonds is 4. The van der Waals surface area contributed by atoms with E-state index in [1.54, 1.807) is 11.8 Å². The SMILES string of the molecule is CSc1cc(I)ccc1C(=O)CCBr. The van der Waals surface area contributed by atoms with Crippen molar-refractivity contribution in [3.05, 3.63) is 27.3 Å². The van der Waals surface area contributed by atoms with Gasteiger partial charge in [0.1, 0.15) is 0 Å². The summed E-state index contributed by atoms with van der Waals surface area (Å²) in [5, 5.41) is 0.728. The predicted molar refractivity (Wildman–Crippen MR) is 73.7 cm³/mol. The molecule has 4 heteroatoms. The maximum absolute atomic E-state index is 11.7. The first-order valence-corrected chi connectivity index (χ1v) is 7.54. The lowest BCUT2D eigenvalue weighted by atomic mass is 10.1. The molecule has 0 bridgehead atoms. The number of ketones is 1. The number of hydrogen-bond donors (Lipinski definition) is 0. The van der Waals surface area contributed by atoms with Crippen molar-refractivity contribution < 1.29 is 4.79 Å². The maximum atomic E-state index is 11.7. The van der Waals surface area contributed by atoms with Gasteiger partial charge in [0.2, 0.25) is 0 Å². The van der Waals surface area contributed by atoms with Crippen molar-refractivity contribution in [2.24, 2.45) is 0 Å². The Labute approximate surface area is 110 Å². The van der Waals surface area contributed by atoms with Crippen LogP contribution in [0.5, 0.6) is 0 Å². The maximum Gasteiger partial charge on any atom is 0.164 e. The zero-order valence-corrected chi connectivity index (χ0v) is 12.3. The van der Waals surface area contributed by atoms with Crippen LogP contribution in [0, 0.1) is 3.57 Å². The third-order valence-electron chi connectivity index (χ3n) is 1.79. The Morgan fingerprint density at radius 1 is 1.57 bits per heavy atom. The van der Waals surface area contributed by atoms with Gasteiger partial charge in [-0.2, -0.15) is 0 Å². The predicted octanol–water partition coefficient (Wildman–Crippen LogP) is 3.98. The van der Waals surface area contributed by atoms with Gasteiger partial charge in [-0.1, -0.05) is 15.9 Å². The molecule has 0 aliphatic carbocycles. The van der Waals surface area contributed by atoms with E-state index in [9.17, 15) is 4.79 Å². The highest BCUT2D eigenvalue weighted by Crippen LogP contribution is 2.24. The monoisotopic (exact) mass is 384 g/mol. The first kappa shape index (κ1) is 12.5. The number of carbonyl (C=O) groups is 1. The largest absolute Gasteiger partial charge is 0.294 e. The van der Waals surface area contributed by atoms with Crippen LogP contribution in [0.2, 0.25) is 0 Å². The number of thioether (sulfide) groups is 1. The Hall–Kier alpha value is 0.450. The van der Waals surface area contributed by atoms with Crippen molar-refractivity contribution in [3.8, 4) is 0 Å². The van der Waals surface area contributed by atoms with Gasteiger partial charge in [0.15, 0.2) is 5.78 Å². The minimum Gasteiger partial charge on any atom is -0.294 e. The Morgan fingerprint density at radius 3 is 2.86 bits per heavy atom. The molecule has 0 spiro atoms. The molecule has 0 unspecified atom stereocenters. The summed E-state index contributed by atoms with van der Waals surface area (Å²) >= 11 is 7.16. The summed E-state index contributed by atoms with van der Waals surface area (Å²) in [4.78, 5) is 12.8. The fourth-order valence-corrected chi connectivity index (χ4v) is 2.83. The van der Waals surface area contributed by atoms with Crippen molar-refractivity contribution in [3.63, 3.8) is 0 Å². The second-order valence-corrected chi connectivity index (χ2v) is 5.59. The van der Waals surface area contributed by atoms with E-state index in [0.717, 1.165) is 15.8 Å². The van der Waals surface area contributed by atoms with Crippen molar-refractivity contribution in [1.29, 1.82) is 0 Å². The molecule has 0 radical (unpaired) electrons. The molecule has 0 aliphatic rings. The van der Waals surface area contributed by atoms with Crippen LogP contribution >= 0.6 is 50.3 Å². The standard InChI is InChI=1S/C10H10BrIOS/c1-14-10-6-7(12)2-3-8(10)9(13)4-5-11/h2-3,6H,4-5H2,1H3. The summed E-state index contributed by atoms with van der Waals surface area (Å²) in [6, 6.07) is 5.94. The highest BCUT2D eigenvalue weighted by atomic mass is 127. The Kier molecular flexibility index (Phi) is 5.48. The van der Waals surface area contributed by atoms with Crippen LogP contribution in [0.15, 0.2) is 23.1 Å². The third kappa shape index (κ3) is 3.24. The van der Waals surface area contributed by atoms with Crippen LogP contribution in [-0.4, -0.2) is 17.4 Å². The van der Waals surface area contributed by atoms with Crippen LogP contribution in [0.4, 0.5) is 0 Å². The summed E-state index contributed by atoms with van der Waals surface area (Å²) < 4.78 is 1.17. The second kappa shape index (κ2) is 6.12. The van der Waals surface area contributed by atoms with Gasteiger partial charge in [-0.3, -0.25) is 4.79 Å². The summed E-state index contributed by atoms with van der Waals surface area (Å²) in [5.41, 5.74) is 0.845. The zero-order valence-electron chi connectivity index (χ0n) is 7.72. The Balaban J connectivity index is 3.01. The molecule has 0 N–H and O–H groups in total. The Morgan fingerprint density at radius 2 is 2.29 bits per heavy atom. The topological polar surface area (TPSA) is 17.1 Å². The van der Waals surface area contributed by atoms with Crippen LogP contribution in [0.25, 0.3) is 0 Å². The smallest absolute Gasteiger partial charge is 0.164 e. The molecule has 1 aromatic rings. The summed E-state index contributed by atoms with van der Waals surface area (Å²) in [6.45, 7) is 0. The Bertz CT molecular complexity index is 341. The number of alkyl halides is 1. The van der Waals surface area contributed by atoms with Gasteiger partial charge in [-0.05, 0) is 47.0 Å². The van der Waals surface area contributed by atoms with E-state index >= 15 is 0 Å². The number of Topliss-reactive ketones (excluding diaryl/α,β-unsaturated/α-hetero) is 1. The molecule has 1 nitrogen and oxygen atoms in total. The minimum atomic E-state index is 0.211. The molecule has 0 atom stereocenters. The molecular weight excluding hydrogens is 375 g/mol. The second-order valence-electron chi connectivity index (χ2n) is 2.71. The van der Waals surface area contributed by atoms with Gasteiger partial charge in [0.05, 0.1) is 0 Å². The molecule has 0 aromatic heterocycles. The van der Waals surface area contributed by atoms with E-state index in [2.05, 4.69) is 38.5 Å². The highest BCUT2D eigenvalue weighted by molar-refractivity contribution is 14.1. The van der Waals surface area contributed by atoms with E-state index in [4.69, 9.17) is 0 Å². The number of hydrogen-bond acceptors (Lipinski definition) is 2. The van der Waals surface area contributed by atoms with E-state index in [1.807, 2.05) is 24.5 Å². The molecule has 0 fully saturated rings. The van der Waals surface area contributed by atoms with E-state index in [0.29, 0.717) is 6.42 Å². The van der Waals surface area contributed by atoms with Crippen molar-refractivity contribution in [2.75, 3.05) is 11.6 Å². The van der Waals surface area contributed by atoms with E-state index in [1.165, 1.54) is 3.57 Å². The normalized spacial score (nSPS) is 10.2. The van der Waals surface area contributed by atoms with Crippen molar-refractivity contribution in [1.82, 2.24) is 0 Å². The van der Waals surface area contributed by atoms with E-state index in [-0.39, 0.29) is 5.78 Å². The molecule has 1 rings (SSSR count). The molecule has 0 saturated heterocycles. The summed E-state index contributed by atoms with van der Waals surface area (Å²) in [5.74, 6) is 0.211. The average Bonchev–Trinajstić information content (AvgIpc) is 2.17. The van der Waals surface area contributed by atoms with Gasteiger partial charge < -0.3 is 0 Å². The van der Waals surface area contributed by atoms with Crippen molar-refractivity contribution >= 4 is 56.1 Å². The van der Waals surface area contributed by atoms with Crippen LogP contribution in [-0.2, 0) is 0 Å². The van der Waals surface area contributed by atoms with Gasteiger partial charge in [-0.25, -0.2) is 0 Å². The number of carbonyl (C=O) groups excluding carboxylic acids is 1. The lowest BCUT2D eigenvalue weighted by Gasteiger charge is -2.05. The lowest BCUT2D eigenvalue weighted by molar-refractivity contribution is 0.0987. The molecule has 0 saturated carbocycles. The molecule has 76 valence electrons. The first-order valence-electron chi connectivity index (χ1n) is 4.11. The van der Waals surface area contributed by atoms with Crippen molar-refractivity contribution in [2.45, 2.75) is 11.3 Å². The zero-order chi connectivity index (χ0) is 10.6. The van der Waals surface area contributed by atoms with Gasteiger partial charge in [0.25, 0.3) is 0 Å². The fourth-order valence-electron chi connectivity index (χ4n) is 1.12. The molecule has 0 aliphatic heterocycles. The summed E-state index contributed by atoms with van der Waals surface area (Å²) in [7, 11) is 0. The van der Waals surface area contributed by atoms with Crippen LogP contribution in [0.1, 0.15) is 16.8 Å². The number of benzene rings is 1. The molecule has 1 aromatic carbocycles. The van der Waals surface area contributed by atoms with Gasteiger partial charge >= 0.3 is 0 Å². The molecule has 14 heavy (non-hydrogen) atoms. The lowest BCUT2D eigenvalue weighted by Crippen LogP contribution is -2.01. The molecule has 0 heterocycles. The third-order valence-corrected chi connectivity index (χ3v) is 3.63. The van der Waals surface area contributed by atoms with Crippen LogP contribution < -0.4 is 0 Å². The van der Waals surface area contributed by atoms with Gasteiger partial charge in [0, 0.05) is 25.8 Å². The summed E-state index contributed by atoms with van der Waals surface area (Å²) in [6.07, 6.45) is 2.56. The van der Waals surface area contributed by atoms with E-state index < -0.39 is 0 Å².